The minimum atomic E-state index is 0.582. The number of allylic oxidation sites excluding steroid dienone is 2. The van der Waals surface area contributed by atoms with Crippen molar-refractivity contribution in [1.29, 1.82) is 0 Å². The first-order valence-corrected chi connectivity index (χ1v) is 12.8. The molecule has 0 bridgehead atoms. The van der Waals surface area contributed by atoms with Crippen molar-refractivity contribution >= 4 is 0 Å². The first-order valence-electron chi connectivity index (χ1n) is 12.8. The Hall–Kier alpha value is -1.18. The van der Waals surface area contributed by atoms with Gasteiger partial charge >= 0.3 is 0 Å². The van der Waals surface area contributed by atoms with E-state index in [1.54, 1.807) is 0 Å². The summed E-state index contributed by atoms with van der Waals surface area (Å²) in [7, 11) is 0. The van der Waals surface area contributed by atoms with Gasteiger partial charge in [-0.3, -0.25) is 0 Å². The molecule has 3 rings (SSSR count). The van der Waals surface area contributed by atoms with Crippen molar-refractivity contribution in [2.45, 2.75) is 116 Å². The average molecular weight is 397 g/mol. The van der Waals surface area contributed by atoms with Crippen LogP contribution in [-0.4, -0.2) is 9.97 Å². The molecule has 0 saturated heterocycles. The van der Waals surface area contributed by atoms with Gasteiger partial charge in [-0.05, 0) is 87.5 Å². The van der Waals surface area contributed by atoms with Crippen molar-refractivity contribution < 1.29 is 0 Å². The second-order valence-corrected chi connectivity index (χ2v) is 9.83. The molecule has 0 amide bonds. The summed E-state index contributed by atoms with van der Waals surface area (Å²) in [6.45, 7) is 4.57. The lowest BCUT2D eigenvalue weighted by Gasteiger charge is -2.28. The summed E-state index contributed by atoms with van der Waals surface area (Å²) >= 11 is 0. The van der Waals surface area contributed by atoms with Crippen LogP contribution in [0.5, 0.6) is 0 Å². The van der Waals surface area contributed by atoms with Gasteiger partial charge in [0.1, 0.15) is 5.82 Å². The molecule has 0 aromatic carbocycles. The predicted molar refractivity (Wildman–Crippen MR) is 124 cm³/mol. The number of unbranched alkanes of at least 4 members (excludes halogenated alkanes) is 3. The van der Waals surface area contributed by atoms with E-state index in [0.29, 0.717) is 5.92 Å². The molecule has 1 heterocycles. The van der Waals surface area contributed by atoms with Crippen LogP contribution >= 0.6 is 0 Å². The molecule has 162 valence electrons. The van der Waals surface area contributed by atoms with Gasteiger partial charge < -0.3 is 0 Å². The van der Waals surface area contributed by atoms with Crippen LogP contribution in [0.2, 0.25) is 0 Å². The van der Waals surface area contributed by atoms with E-state index >= 15 is 0 Å². The van der Waals surface area contributed by atoms with Crippen LogP contribution in [0.3, 0.4) is 0 Å². The lowest BCUT2D eigenvalue weighted by Crippen LogP contribution is -2.15. The summed E-state index contributed by atoms with van der Waals surface area (Å²) in [6.07, 6.45) is 29.5. The predicted octanol–water partition coefficient (Wildman–Crippen LogP) is 8.04. The Bertz CT molecular complexity index is 575. The molecule has 0 spiro atoms. The fourth-order valence-corrected chi connectivity index (χ4v) is 5.33. The van der Waals surface area contributed by atoms with Gasteiger partial charge in [-0.2, -0.15) is 0 Å². The van der Waals surface area contributed by atoms with Gasteiger partial charge in [-0.25, -0.2) is 9.97 Å². The summed E-state index contributed by atoms with van der Waals surface area (Å²) in [4.78, 5) is 9.45. The molecule has 0 radical (unpaired) electrons. The molecule has 2 fully saturated rings. The maximum Gasteiger partial charge on any atom is 0.131 e. The summed E-state index contributed by atoms with van der Waals surface area (Å²) in [6, 6.07) is 0. The molecule has 0 atom stereocenters. The van der Waals surface area contributed by atoms with E-state index in [-0.39, 0.29) is 0 Å². The average Bonchev–Trinajstić information content (AvgIpc) is 2.78. The molecule has 2 heteroatoms. The van der Waals surface area contributed by atoms with Gasteiger partial charge in [0, 0.05) is 18.3 Å². The van der Waals surface area contributed by atoms with E-state index in [0.717, 1.165) is 30.0 Å². The topological polar surface area (TPSA) is 25.8 Å². The van der Waals surface area contributed by atoms with E-state index in [9.17, 15) is 0 Å². The van der Waals surface area contributed by atoms with Gasteiger partial charge in [0.15, 0.2) is 0 Å². The quantitative estimate of drug-likeness (QED) is 0.295. The number of nitrogens with zero attached hydrogens (tertiary/aromatic N) is 2. The van der Waals surface area contributed by atoms with Gasteiger partial charge in [0.2, 0.25) is 0 Å². The Morgan fingerprint density at radius 1 is 0.759 bits per heavy atom. The highest BCUT2D eigenvalue weighted by atomic mass is 14.9. The van der Waals surface area contributed by atoms with Gasteiger partial charge in [-0.15, -0.1) is 0 Å². The number of hydrogen-bond donors (Lipinski definition) is 0. The normalized spacial score (nSPS) is 28.1. The molecule has 0 N–H and O–H groups in total. The number of aromatic nitrogens is 2. The van der Waals surface area contributed by atoms with Crippen LogP contribution in [0.1, 0.15) is 121 Å². The van der Waals surface area contributed by atoms with Crippen LogP contribution in [0.25, 0.3) is 0 Å². The van der Waals surface area contributed by atoms with Crippen molar-refractivity contribution in [2.75, 3.05) is 0 Å². The van der Waals surface area contributed by atoms with Crippen molar-refractivity contribution in [3.8, 4) is 0 Å². The zero-order valence-corrected chi connectivity index (χ0v) is 19.1. The van der Waals surface area contributed by atoms with E-state index in [1.165, 1.54) is 95.5 Å². The SMILES string of the molecule is CCCCCc1cnc(C2CCC(/C=C/C3CCC(CCCC)CC3)CC2)nc1. The van der Waals surface area contributed by atoms with Crippen molar-refractivity contribution in [1.82, 2.24) is 9.97 Å². The molecule has 2 saturated carbocycles. The maximum absolute atomic E-state index is 4.72. The second-order valence-electron chi connectivity index (χ2n) is 9.83. The highest BCUT2D eigenvalue weighted by molar-refractivity contribution is 5.09. The Morgan fingerprint density at radius 3 is 1.93 bits per heavy atom. The third-order valence-corrected chi connectivity index (χ3v) is 7.44. The highest BCUT2D eigenvalue weighted by Gasteiger charge is 2.24. The molecule has 0 unspecified atom stereocenters. The first kappa shape index (κ1) is 22.5. The molecule has 2 aliphatic rings. The fraction of sp³-hybridized carbons (Fsp3) is 0.778. The minimum absolute atomic E-state index is 0.582. The largest absolute Gasteiger partial charge is 0.241 e. The Kier molecular flexibility index (Phi) is 9.70. The van der Waals surface area contributed by atoms with Gasteiger partial charge in [0.25, 0.3) is 0 Å². The lowest BCUT2D eigenvalue weighted by molar-refractivity contribution is 0.289. The molecule has 2 aliphatic carbocycles. The van der Waals surface area contributed by atoms with Gasteiger partial charge in [0.05, 0.1) is 0 Å². The van der Waals surface area contributed by atoms with Crippen LogP contribution in [0.15, 0.2) is 24.5 Å². The van der Waals surface area contributed by atoms with Crippen molar-refractivity contribution in [3.05, 3.63) is 35.9 Å². The van der Waals surface area contributed by atoms with E-state index in [2.05, 4.69) is 38.4 Å². The lowest BCUT2D eigenvalue weighted by atomic mass is 9.78. The summed E-state index contributed by atoms with van der Waals surface area (Å²) in [5.41, 5.74) is 1.31. The molecule has 2 nitrogen and oxygen atoms in total. The maximum atomic E-state index is 4.72. The van der Waals surface area contributed by atoms with E-state index in [4.69, 9.17) is 9.97 Å². The standard InChI is InChI=1S/C27H44N2/c1-3-5-7-9-25-20-28-27(29-21-25)26-18-16-24(17-19-26)15-14-23-12-10-22(11-13-23)8-6-4-2/h14-15,20-24,26H,3-13,16-19H2,1-2H3/b15-14+. The molecule has 1 aromatic rings. The Labute approximate surface area is 180 Å². The van der Waals surface area contributed by atoms with E-state index < -0.39 is 0 Å². The van der Waals surface area contributed by atoms with Crippen molar-refractivity contribution in [2.24, 2.45) is 17.8 Å². The summed E-state index contributed by atoms with van der Waals surface area (Å²) < 4.78 is 0. The molecular formula is C27H44N2. The summed E-state index contributed by atoms with van der Waals surface area (Å²) in [5.74, 6) is 4.34. The van der Waals surface area contributed by atoms with Crippen LogP contribution in [-0.2, 0) is 6.42 Å². The van der Waals surface area contributed by atoms with E-state index in [1.807, 2.05) is 0 Å². The highest BCUT2D eigenvalue weighted by Crippen LogP contribution is 2.36. The first-order chi connectivity index (χ1) is 14.3. The Balaban J connectivity index is 1.36. The monoisotopic (exact) mass is 396 g/mol. The molecule has 1 aromatic heterocycles. The third kappa shape index (κ3) is 7.54. The van der Waals surface area contributed by atoms with Crippen molar-refractivity contribution in [3.63, 3.8) is 0 Å². The molecule has 0 aliphatic heterocycles. The van der Waals surface area contributed by atoms with Crippen LogP contribution in [0, 0.1) is 17.8 Å². The zero-order valence-electron chi connectivity index (χ0n) is 19.1. The second kappa shape index (κ2) is 12.5. The number of aryl methyl sites for hydroxylation is 1. The molecular weight excluding hydrogens is 352 g/mol. The van der Waals surface area contributed by atoms with Gasteiger partial charge in [-0.1, -0.05) is 58.1 Å². The molecule has 29 heavy (non-hydrogen) atoms. The number of hydrogen-bond acceptors (Lipinski definition) is 2. The minimum Gasteiger partial charge on any atom is -0.241 e. The van der Waals surface area contributed by atoms with Crippen LogP contribution in [0.4, 0.5) is 0 Å². The fourth-order valence-electron chi connectivity index (χ4n) is 5.33. The van der Waals surface area contributed by atoms with Crippen LogP contribution < -0.4 is 0 Å². The number of rotatable bonds is 10. The zero-order chi connectivity index (χ0) is 20.3. The summed E-state index contributed by atoms with van der Waals surface area (Å²) in [5, 5.41) is 0. The Morgan fingerprint density at radius 2 is 1.34 bits per heavy atom. The third-order valence-electron chi connectivity index (χ3n) is 7.44. The smallest absolute Gasteiger partial charge is 0.131 e.